The van der Waals surface area contributed by atoms with Crippen molar-refractivity contribution in [3.05, 3.63) is 0 Å². The maximum atomic E-state index is 6.17. The normalized spacial score (nSPS) is 22.0. The zero-order valence-electron chi connectivity index (χ0n) is 12.9. The van der Waals surface area contributed by atoms with E-state index in [0.717, 1.165) is 13.1 Å². The number of nitrogens with zero attached hydrogens (tertiary/aromatic N) is 3. The lowest BCUT2D eigenvalue weighted by Crippen LogP contribution is -2.71. The van der Waals surface area contributed by atoms with Crippen LogP contribution in [0.5, 0.6) is 0 Å². The molecule has 0 atom stereocenters. The quantitative estimate of drug-likeness (QED) is 0.0803. The topological polar surface area (TPSA) is 302 Å². The molecule has 2 saturated heterocycles. The molecule has 1 saturated carbocycles. The summed E-state index contributed by atoms with van der Waals surface area (Å²) >= 11 is 0. The largest absolute Gasteiger partial charge is 0.344 e. The monoisotopic (exact) mass is 314 g/mol. The molecule has 24 N–H and O–H groups in total. The fraction of sp³-hybridized carbons (Fsp3) is 1.00. The smallest absolute Gasteiger partial charge is 0.140 e. The summed E-state index contributed by atoms with van der Waals surface area (Å²) in [6.45, 7) is 4.57. The van der Waals surface area contributed by atoms with E-state index in [1.165, 1.54) is 25.9 Å². The van der Waals surface area contributed by atoms with Gasteiger partial charge in [-0.2, -0.15) is 0 Å². The van der Waals surface area contributed by atoms with E-state index in [1.807, 2.05) is 0 Å². The second-order valence-corrected chi connectivity index (χ2v) is 5.23. The van der Waals surface area contributed by atoms with Gasteiger partial charge in [-0.05, 0) is 17.8 Å². The van der Waals surface area contributed by atoms with Crippen LogP contribution in [0.15, 0.2) is 0 Å². The SMILES string of the molecule is N.N.N.N.NC(N)(N1CC1)C1(N2CC2)CC1.N[N+](N)(N)N. The Labute approximate surface area is 125 Å². The molecule has 2 aliphatic heterocycles. The number of rotatable bonds is 3. The minimum absolute atomic E-state index is 0. The Balaban J connectivity index is -0.000000325. The third-order valence-corrected chi connectivity index (χ3v) is 3.49. The van der Waals surface area contributed by atoms with Gasteiger partial charge in [-0.3, -0.25) is 21.3 Å². The molecular formula is C8H36N13+. The van der Waals surface area contributed by atoms with E-state index in [2.05, 4.69) is 33.2 Å². The molecule has 132 valence electrons. The highest BCUT2D eigenvalue weighted by molar-refractivity contribution is 5.20. The molecule has 3 fully saturated rings. The first kappa shape index (κ1) is 25.4. The minimum Gasteiger partial charge on any atom is -0.344 e. The lowest BCUT2D eigenvalue weighted by atomic mass is 10.1. The van der Waals surface area contributed by atoms with Crippen molar-refractivity contribution in [3.8, 4) is 0 Å². The van der Waals surface area contributed by atoms with Crippen LogP contribution in [0.4, 0.5) is 0 Å². The van der Waals surface area contributed by atoms with Gasteiger partial charge >= 0.3 is 0 Å². The van der Waals surface area contributed by atoms with Crippen LogP contribution in [0, 0.1) is 0 Å². The zero-order valence-corrected chi connectivity index (χ0v) is 12.9. The Morgan fingerprint density at radius 2 is 1.10 bits per heavy atom. The van der Waals surface area contributed by atoms with Gasteiger partial charge in [0, 0.05) is 26.2 Å². The van der Waals surface area contributed by atoms with Crippen LogP contribution >= 0.6 is 0 Å². The molecular weight excluding hydrogens is 278 g/mol. The van der Waals surface area contributed by atoms with Crippen molar-refractivity contribution in [3.63, 3.8) is 0 Å². The summed E-state index contributed by atoms with van der Waals surface area (Å²) in [5.74, 6) is 18.0. The Kier molecular flexibility index (Phi) is 9.27. The standard InChI is InChI=1S/C8H16N4.H8N5.4H3N/c9-8(10,12-5-6-12)7(1-2-7)11-3-4-11;1-5(2,3)4;;;;/h1-6,9-10H2;1-4H2;4*1H3/q;+1;;;;. The summed E-state index contributed by atoms with van der Waals surface area (Å²) in [5, 5.41) is 0. The van der Waals surface area contributed by atoms with Crippen molar-refractivity contribution in [1.29, 1.82) is 0 Å². The molecule has 0 aromatic rings. The lowest BCUT2D eigenvalue weighted by Gasteiger charge is -2.36. The van der Waals surface area contributed by atoms with Crippen LogP contribution in [0.2, 0.25) is 0 Å². The van der Waals surface area contributed by atoms with Crippen LogP contribution in [-0.2, 0) is 0 Å². The van der Waals surface area contributed by atoms with E-state index in [4.69, 9.17) is 11.5 Å². The molecule has 3 rings (SSSR count). The molecule has 0 radical (unpaired) electrons. The number of hydrogen-bond donors (Lipinski definition) is 10. The highest BCUT2D eigenvalue weighted by Gasteiger charge is 2.65. The summed E-state index contributed by atoms with van der Waals surface area (Å²) in [5.41, 5.74) is 12.5. The minimum atomic E-state index is -1.00. The Hall–Kier alpha value is -0.520. The Morgan fingerprint density at radius 3 is 1.29 bits per heavy atom. The maximum Gasteiger partial charge on any atom is 0.140 e. The van der Waals surface area contributed by atoms with E-state index in [0.29, 0.717) is 0 Å². The molecule has 13 nitrogen and oxygen atoms in total. The second kappa shape index (κ2) is 7.65. The predicted octanol–water partition coefficient (Wildman–Crippen LogP) is -3.33. The van der Waals surface area contributed by atoms with Gasteiger partial charge < -0.3 is 24.6 Å². The molecule has 0 amide bonds. The van der Waals surface area contributed by atoms with Gasteiger partial charge in [0.05, 0.1) is 5.54 Å². The van der Waals surface area contributed by atoms with Crippen LogP contribution in [-0.4, -0.2) is 52.2 Å². The highest BCUT2D eigenvalue weighted by atomic mass is 16.0. The van der Waals surface area contributed by atoms with Gasteiger partial charge in [0.25, 0.3) is 0 Å². The van der Waals surface area contributed by atoms with Gasteiger partial charge in [-0.25, -0.2) is 0 Å². The predicted molar refractivity (Wildman–Crippen MR) is 83.3 cm³/mol. The summed E-state index contributed by atoms with van der Waals surface area (Å²) in [6.07, 6.45) is 2.38. The van der Waals surface area contributed by atoms with Crippen molar-refractivity contribution < 1.29 is 4.92 Å². The third-order valence-electron chi connectivity index (χ3n) is 3.49. The molecule has 0 bridgehead atoms. The molecule has 0 aromatic carbocycles. The second-order valence-electron chi connectivity index (χ2n) is 5.23. The van der Waals surface area contributed by atoms with Gasteiger partial charge in [-0.15, -0.1) is 23.4 Å². The lowest BCUT2D eigenvalue weighted by molar-refractivity contribution is -0.974. The first-order valence-electron chi connectivity index (χ1n) is 5.78. The van der Waals surface area contributed by atoms with Gasteiger partial charge in [-0.1, -0.05) is 0 Å². The van der Waals surface area contributed by atoms with Crippen LogP contribution in [0.1, 0.15) is 12.8 Å². The van der Waals surface area contributed by atoms with E-state index >= 15 is 0 Å². The van der Waals surface area contributed by atoms with Gasteiger partial charge in [0.1, 0.15) is 5.79 Å². The summed E-state index contributed by atoms with van der Waals surface area (Å²) in [4.78, 5) is 3.60. The van der Waals surface area contributed by atoms with Crippen LogP contribution < -0.4 is 59.4 Å². The Morgan fingerprint density at radius 1 is 0.762 bits per heavy atom. The van der Waals surface area contributed by atoms with E-state index in [-0.39, 0.29) is 30.1 Å². The summed E-state index contributed by atoms with van der Waals surface area (Å²) < 4.78 is 0. The van der Waals surface area contributed by atoms with Crippen molar-refractivity contribution in [1.82, 2.24) is 34.4 Å². The van der Waals surface area contributed by atoms with E-state index < -0.39 is 10.7 Å². The molecule has 1 aliphatic carbocycles. The third kappa shape index (κ3) is 6.01. The molecule has 0 unspecified atom stereocenters. The van der Waals surface area contributed by atoms with Crippen molar-refractivity contribution in [2.75, 3.05) is 26.2 Å². The fourth-order valence-corrected chi connectivity index (χ4v) is 2.28. The van der Waals surface area contributed by atoms with E-state index in [1.54, 1.807) is 0 Å². The van der Waals surface area contributed by atoms with E-state index in [9.17, 15) is 0 Å². The number of hydrogen-bond acceptors (Lipinski definition) is 12. The van der Waals surface area contributed by atoms with Gasteiger partial charge in [0.15, 0.2) is 0 Å². The summed E-state index contributed by atoms with van der Waals surface area (Å²) in [6, 6.07) is 0. The average Bonchev–Trinajstić information content (AvgIpc) is 2.92. The number of nitrogens with two attached hydrogens (primary N) is 6. The molecule has 3 aliphatic rings. The van der Waals surface area contributed by atoms with Gasteiger partial charge in [0.2, 0.25) is 0 Å². The molecule has 13 heteroatoms. The highest BCUT2D eigenvalue weighted by Crippen LogP contribution is 2.51. The van der Waals surface area contributed by atoms with Crippen LogP contribution in [0.25, 0.3) is 0 Å². The summed E-state index contributed by atoms with van der Waals surface area (Å²) in [7, 11) is 0. The maximum absolute atomic E-state index is 6.17. The Bertz CT molecular complexity index is 269. The first-order valence-corrected chi connectivity index (χ1v) is 5.78. The van der Waals surface area contributed by atoms with Crippen molar-refractivity contribution >= 4 is 0 Å². The number of quaternary nitrogens is 1. The average molecular weight is 314 g/mol. The molecule has 0 aromatic heterocycles. The molecule has 2 heterocycles. The van der Waals surface area contributed by atoms with Crippen LogP contribution in [0.3, 0.4) is 0 Å². The van der Waals surface area contributed by atoms with Crippen molar-refractivity contribution in [2.24, 2.45) is 34.8 Å². The molecule has 21 heavy (non-hydrogen) atoms. The fourth-order valence-electron chi connectivity index (χ4n) is 2.28. The van der Waals surface area contributed by atoms with Crippen molar-refractivity contribution in [2.45, 2.75) is 24.2 Å². The zero-order chi connectivity index (χ0) is 12.9. The first-order chi connectivity index (χ1) is 7.67. The molecule has 0 spiro atoms.